The number of allylic oxidation sites excluding steroid dienone is 5. The summed E-state index contributed by atoms with van der Waals surface area (Å²) in [6, 6.07) is 0.191. The van der Waals surface area contributed by atoms with Crippen LogP contribution in [0.4, 0.5) is 0 Å². The van der Waals surface area contributed by atoms with Crippen molar-refractivity contribution in [1.29, 1.82) is 0 Å². The number of fused-ring (bicyclic) bond motifs is 1. The van der Waals surface area contributed by atoms with Crippen LogP contribution in [0.5, 0.6) is 0 Å². The number of carbonyl (C=O) groups is 2. The standard InChI is InChI=1S/C30H43N3O3/c1-8-19(4)28(20(5)17-21(6)30(35)36)31-24-18-27-26(16-15-22(24)9-2)32(7)29(34)25(10-3)33(27)23-13-11-12-14-23/h16-18,21,23,25H,4,8-15H2,1-3,5-7H3,(H,35,36). The van der Waals surface area contributed by atoms with Crippen molar-refractivity contribution in [3.63, 3.8) is 0 Å². The average Bonchev–Trinajstić information content (AvgIpc) is 3.32. The number of amides is 1. The predicted molar refractivity (Wildman–Crippen MR) is 146 cm³/mol. The number of carboxylic acids is 1. The molecule has 1 aliphatic heterocycles. The van der Waals surface area contributed by atoms with Gasteiger partial charge in [0, 0.05) is 13.1 Å². The Bertz CT molecular complexity index is 1050. The van der Waals surface area contributed by atoms with Gasteiger partial charge in [0.2, 0.25) is 5.91 Å². The van der Waals surface area contributed by atoms with E-state index in [-0.39, 0.29) is 11.9 Å². The second kappa shape index (κ2) is 11.9. The van der Waals surface area contributed by atoms with E-state index >= 15 is 0 Å². The van der Waals surface area contributed by atoms with Crippen molar-refractivity contribution in [1.82, 2.24) is 9.80 Å². The van der Waals surface area contributed by atoms with Crippen LogP contribution in [0.2, 0.25) is 0 Å². The topological polar surface area (TPSA) is 73.2 Å². The molecule has 2 atom stereocenters. The first-order valence-electron chi connectivity index (χ1n) is 13.5. The van der Waals surface area contributed by atoms with Gasteiger partial charge in [-0.15, -0.1) is 0 Å². The Morgan fingerprint density at radius 3 is 2.47 bits per heavy atom. The van der Waals surface area contributed by atoms with E-state index in [9.17, 15) is 14.7 Å². The molecule has 2 unspecified atom stereocenters. The van der Waals surface area contributed by atoms with E-state index in [1.165, 1.54) is 18.4 Å². The van der Waals surface area contributed by atoms with E-state index in [1.807, 2.05) is 25.8 Å². The summed E-state index contributed by atoms with van der Waals surface area (Å²) < 4.78 is 0. The fraction of sp³-hybridized carbons (Fsp3) is 0.567. The maximum Gasteiger partial charge on any atom is 0.310 e. The SMILES string of the molecule is C=C(CC)C(=NC1=C(CC)CC=C2C(=C1)N(C1CCCC1)C(CC)C(=O)N2C)C(C)=CC(C)C(=O)O. The van der Waals surface area contributed by atoms with Crippen molar-refractivity contribution in [3.05, 3.63) is 58.6 Å². The molecule has 196 valence electrons. The number of hydrogen-bond acceptors (Lipinski definition) is 4. The highest BCUT2D eigenvalue weighted by Crippen LogP contribution is 2.40. The molecule has 0 radical (unpaired) electrons. The number of nitrogens with zero attached hydrogens (tertiary/aromatic N) is 3. The van der Waals surface area contributed by atoms with Crippen molar-refractivity contribution in [3.8, 4) is 0 Å². The summed E-state index contributed by atoms with van der Waals surface area (Å²) >= 11 is 0. The average molecular weight is 494 g/mol. The van der Waals surface area contributed by atoms with Crippen LogP contribution < -0.4 is 0 Å². The van der Waals surface area contributed by atoms with Gasteiger partial charge in [-0.05, 0) is 75.2 Å². The lowest BCUT2D eigenvalue weighted by molar-refractivity contribution is -0.139. The summed E-state index contributed by atoms with van der Waals surface area (Å²) in [6.45, 7) is 14.1. The van der Waals surface area contributed by atoms with E-state index < -0.39 is 11.9 Å². The maximum atomic E-state index is 13.4. The number of piperazine rings is 1. The monoisotopic (exact) mass is 493 g/mol. The molecule has 0 aromatic rings. The van der Waals surface area contributed by atoms with Gasteiger partial charge >= 0.3 is 5.97 Å². The van der Waals surface area contributed by atoms with E-state index in [2.05, 4.69) is 37.5 Å². The van der Waals surface area contributed by atoms with Crippen LogP contribution in [0.15, 0.2) is 63.6 Å². The Kier molecular flexibility index (Phi) is 9.15. The number of hydrogen-bond donors (Lipinski definition) is 1. The predicted octanol–water partition coefficient (Wildman–Crippen LogP) is 6.39. The zero-order valence-corrected chi connectivity index (χ0v) is 22.9. The summed E-state index contributed by atoms with van der Waals surface area (Å²) in [4.78, 5) is 34.3. The molecule has 0 bridgehead atoms. The summed E-state index contributed by atoms with van der Waals surface area (Å²) in [7, 11) is 1.89. The lowest BCUT2D eigenvalue weighted by Crippen LogP contribution is -2.55. The van der Waals surface area contributed by atoms with Crippen LogP contribution in [-0.4, -0.2) is 51.6 Å². The lowest BCUT2D eigenvalue weighted by atomic mass is 9.98. The van der Waals surface area contributed by atoms with Gasteiger partial charge < -0.3 is 14.9 Å². The van der Waals surface area contributed by atoms with Gasteiger partial charge in [0.15, 0.2) is 0 Å². The second-order valence-corrected chi connectivity index (χ2v) is 10.2. The quantitative estimate of drug-likeness (QED) is 0.378. The molecule has 6 nitrogen and oxygen atoms in total. The first-order valence-corrected chi connectivity index (χ1v) is 13.5. The van der Waals surface area contributed by atoms with Gasteiger partial charge in [0.1, 0.15) is 6.04 Å². The summed E-state index contributed by atoms with van der Waals surface area (Å²) in [5.41, 5.74) is 6.62. The Balaban J connectivity index is 2.20. The number of carboxylic acid groups (broad SMARTS) is 1. The van der Waals surface area contributed by atoms with Crippen LogP contribution in [0.3, 0.4) is 0 Å². The first-order chi connectivity index (χ1) is 17.1. The number of rotatable bonds is 9. The number of aliphatic carboxylic acids is 1. The third-order valence-electron chi connectivity index (χ3n) is 7.82. The fourth-order valence-electron chi connectivity index (χ4n) is 5.58. The van der Waals surface area contributed by atoms with Crippen molar-refractivity contribution < 1.29 is 14.7 Å². The van der Waals surface area contributed by atoms with Gasteiger partial charge in [-0.1, -0.05) is 52.3 Å². The zero-order chi connectivity index (χ0) is 26.6. The van der Waals surface area contributed by atoms with Gasteiger partial charge in [0.05, 0.1) is 28.7 Å². The van der Waals surface area contributed by atoms with Gasteiger partial charge in [-0.3, -0.25) is 9.59 Å². The number of carbonyl (C=O) groups excluding carboxylic acids is 1. The highest BCUT2D eigenvalue weighted by molar-refractivity contribution is 6.12. The zero-order valence-electron chi connectivity index (χ0n) is 22.9. The molecule has 0 aromatic heterocycles. The van der Waals surface area contributed by atoms with Crippen LogP contribution in [0, 0.1) is 5.92 Å². The minimum absolute atomic E-state index is 0.166. The Hall–Kier alpha value is -2.89. The molecule has 6 heteroatoms. The van der Waals surface area contributed by atoms with Crippen molar-refractivity contribution in [2.75, 3.05) is 7.05 Å². The molecular weight excluding hydrogens is 450 g/mol. The van der Waals surface area contributed by atoms with Gasteiger partial charge in [-0.2, -0.15) is 0 Å². The van der Waals surface area contributed by atoms with E-state index in [0.717, 1.165) is 72.5 Å². The fourth-order valence-corrected chi connectivity index (χ4v) is 5.58. The van der Waals surface area contributed by atoms with Crippen LogP contribution in [0.1, 0.15) is 86.0 Å². The molecule has 0 spiro atoms. The summed E-state index contributed by atoms with van der Waals surface area (Å²) in [5, 5.41) is 9.43. The molecule has 3 rings (SSSR count). The van der Waals surface area contributed by atoms with E-state index in [1.54, 1.807) is 13.0 Å². The van der Waals surface area contributed by atoms with Crippen LogP contribution in [0.25, 0.3) is 0 Å². The molecular formula is C30H43N3O3. The molecule has 1 saturated carbocycles. The van der Waals surface area contributed by atoms with E-state index in [0.29, 0.717) is 6.04 Å². The summed E-state index contributed by atoms with van der Waals surface area (Å²) in [6.07, 6.45) is 13.8. The number of likely N-dealkylation sites (N-methyl/N-ethyl adjacent to an activating group) is 1. The maximum absolute atomic E-state index is 13.4. The highest BCUT2D eigenvalue weighted by Gasteiger charge is 2.42. The lowest BCUT2D eigenvalue weighted by Gasteiger charge is -2.46. The van der Waals surface area contributed by atoms with Gasteiger partial charge in [0.25, 0.3) is 0 Å². The molecule has 3 aliphatic rings. The van der Waals surface area contributed by atoms with E-state index in [4.69, 9.17) is 4.99 Å². The smallest absolute Gasteiger partial charge is 0.310 e. The molecule has 2 aliphatic carbocycles. The van der Waals surface area contributed by atoms with Crippen molar-refractivity contribution >= 4 is 17.6 Å². The Labute approximate surface area is 216 Å². The third kappa shape index (κ3) is 5.58. The molecule has 2 fully saturated rings. The Morgan fingerprint density at radius 1 is 1.25 bits per heavy atom. The largest absolute Gasteiger partial charge is 0.481 e. The van der Waals surface area contributed by atoms with Crippen molar-refractivity contribution in [2.24, 2.45) is 10.9 Å². The number of aliphatic imine (C=N–C) groups is 1. The minimum atomic E-state index is -0.859. The highest BCUT2D eigenvalue weighted by atomic mass is 16.4. The normalized spacial score (nSPS) is 22.8. The van der Waals surface area contributed by atoms with Crippen LogP contribution >= 0.6 is 0 Å². The molecule has 1 amide bonds. The first kappa shape index (κ1) is 27.7. The minimum Gasteiger partial charge on any atom is -0.481 e. The van der Waals surface area contributed by atoms with Crippen LogP contribution in [-0.2, 0) is 9.59 Å². The molecule has 36 heavy (non-hydrogen) atoms. The molecule has 1 N–H and O–H groups in total. The molecule has 1 heterocycles. The Morgan fingerprint density at radius 2 is 1.92 bits per heavy atom. The molecule has 0 aromatic carbocycles. The van der Waals surface area contributed by atoms with Crippen molar-refractivity contribution in [2.45, 2.75) is 98.1 Å². The molecule has 1 saturated heterocycles. The van der Waals surface area contributed by atoms with Gasteiger partial charge in [-0.25, -0.2) is 4.99 Å². The summed E-state index contributed by atoms with van der Waals surface area (Å²) in [5.74, 6) is -1.30. The second-order valence-electron chi connectivity index (χ2n) is 10.2. The third-order valence-corrected chi connectivity index (χ3v) is 7.82.